The van der Waals surface area contributed by atoms with E-state index in [1.165, 1.54) is 18.2 Å². The van der Waals surface area contributed by atoms with Crippen molar-refractivity contribution in [3.8, 4) is 23.0 Å². The van der Waals surface area contributed by atoms with E-state index >= 15 is 0 Å². The molecule has 0 bridgehead atoms. The number of hydrogen-bond donors (Lipinski definition) is 6. The van der Waals surface area contributed by atoms with Crippen LogP contribution >= 0.6 is 0 Å². The molecule has 0 radical (unpaired) electrons. The van der Waals surface area contributed by atoms with Crippen LogP contribution in [0.5, 0.6) is 23.0 Å². The first-order valence-electron chi connectivity index (χ1n) is 17.6. The number of carbonyl (C=O) groups is 4. The smallest absolute Gasteiger partial charge is 0.344 e. The Morgan fingerprint density at radius 1 is 0.421 bits per heavy atom. The zero-order valence-electron chi connectivity index (χ0n) is 29.7. The highest BCUT2D eigenvalue weighted by Gasteiger charge is 2.28. The standard InChI is InChI=1S/C46H30O11/c47-39-21-35(43(50)51)29-15-7-5-13-27(29)31(39)19-32-28-14-6-8-16-30(28)36(22-40(32)48)46(56)57-42-34(26-12-4-2-10-24(26)18-38(42)45(54)55)20-33-25-11-3-1-9-23(25)17-37(41(33)49)44(52)53/h1-18,21-22,47-49H,19-20H2,(H,50,51)(H,52,53)(H,54,55). The van der Waals surface area contributed by atoms with Gasteiger partial charge in [-0.2, -0.15) is 0 Å². The summed E-state index contributed by atoms with van der Waals surface area (Å²) in [6, 6.07) is 32.0. The fourth-order valence-corrected chi connectivity index (χ4v) is 7.67. The summed E-state index contributed by atoms with van der Waals surface area (Å²) in [7, 11) is 0. The minimum atomic E-state index is -1.41. The molecule has 11 nitrogen and oxygen atoms in total. The minimum absolute atomic E-state index is 0.0568. The summed E-state index contributed by atoms with van der Waals surface area (Å²) in [4.78, 5) is 51.4. The van der Waals surface area contributed by atoms with Gasteiger partial charge in [-0.1, -0.05) is 97.1 Å². The highest BCUT2D eigenvalue weighted by Crippen LogP contribution is 2.42. The zero-order valence-corrected chi connectivity index (χ0v) is 29.7. The fraction of sp³-hybridized carbons (Fsp3) is 0.0435. The van der Waals surface area contributed by atoms with Crippen LogP contribution < -0.4 is 4.74 Å². The molecule has 11 heteroatoms. The molecule has 8 aromatic carbocycles. The quantitative estimate of drug-likeness (QED) is 0.0607. The van der Waals surface area contributed by atoms with E-state index in [1.54, 1.807) is 97.1 Å². The number of aromatic carboxylic acids is 3. The van der Waals surface area contributed by atoms with Crippen molar-refractivity contribution in [2.75, 3.05) is 0 Å². The third-order valence-corrected chi connectivity index (χ3v) is 10.3. The summed E-state index contributed by atoms with van der Waals surface area (Å²) in [5.74, 6) is -6.51. The van der Waals surface area contributed by atoms with Crippen LogP contribution in [-0.2, 0) is 12.8 Å². The second-order valence-corrected chi connectivity index (χ2v) is 13.5. The highest BCUT2D eigenvalue weighted by molar-refractivity contribution is 6.10. The Morgan fingerprint density at radius 2 is 0.825 bits per heavy atom. The van der Waals surface area contributed by atoms with Gasteiger partial charge in [0.25, 0.3) is 0 Å². The molecular weight excluding hydrogens is 728 g/mol. The molecule has 0 heterocycles. The molecule has 0 saturated carbocycles. The van der Waals surface area contributed by atoms with E-state index in [-0.39, 0.29) is 63.5 Å². The molecule has 0 atom stereocenters. The lowest BCUT2D eigenvalue weighted by Crippen LogP contribution is -2.15. The molecule has 0 aliphatic rings. The molecule has 0 saturated heterocycles. The first kappa shape index (κ1) is 36.1. The number of phenolic OH excluding ortho intramolecular Hbond substituents is 2. The molecular formula is C46H30O11. The molecule has 0 aliphatic heterocycles. The molecule has 0 fully saturated rings. The average Bonchev–Trinajstić information content (AvgIpc) is 3.20. The molecule has 8 rings (SSSR count). The van der Waals surface area contributed by atoms with Gasteiger partial charge in [-0.15, -0.1) is 0 Å². The summed E-state index contributed by atoms with van der Waals surface area (Å²) >= 11 is 0. The molecule has 8 aromatic rings. The Kier molecular flexibility index (Phi) is 8.89. The number of carbonyl (C=O) groups excluding carboxylic acids is 1. The Balaban J connectivity index is 1.28. The second-order valence-electron chi connectivity index (χ2n) is 13.5. The van der Waals surface area contributed by atoms with Crippen LogP contribution in [-0.4, -0.2) is 54.5 Å². The average molecular weight is 759 g/mol. The number of carboxylic acid groups (broad SMARTS) is 3. The fourth-order valence-electron chi connectivity index (χ4n) is 7.67. The van der Waals surface area contributed by atoms with Gasteiger partial charge in [0.15, 0.2) is 0 Å². The third kappa shape index (κ3) is 6.22. The number of aromatic hydroxyl groups is 3. The van der Waals surface area contributed by atoms with E-state index in [9.17, 15) is 49.8 Å². The Morgan fingerprint density at radius 3 is 1.35 bits per heavy atom. The number of ether oxygens (including phenoxy) is 1. The van der Waals surface area contributed by atoms with Gasteiger partial charge in [0, 0.05) is 35.1 Å². The van der Waals surface area contributed by atoms with E-state index in [1.807, 2.05) is 0 Å². The summed E-state index contributed by atoms with van der Waals surface area (Å²) < 4.78 is 6.04. The van der Waals surface area contributed by atoms with Gasteiger partial charge < -0.3 is 35.4 Å². The lowest BCUT2D eigenvalue weighted by Gasteiger charge is -2.19. The number of rotatable bonds is 9. The van der Waals surface area contributed by atoms with Crippen molar-refractivity contribution < 1.29 is 54.6 Å². The van der Waals surface area contributed by atoms with Crippen molar-refractivity contribution >= 4 is 67.0 Å². The summed E-state index contributed by atoms with van der Waals surface area (Å²) in [5, 5.41) is 67.7. The van der Waals surface area contributed by atoms with E-state index in [2.05, 4.69) is 0 Å². The van der Waals surface area contributed by atoms with E-state index < -0.39 is 29.6 Å². The largest absolute Gasteiger partial charge is 0.508 e. The van der Waals surface area contributed by atoms with Crippen LogP contribution in [0.15, 0.2) is 121 Å². The van der Waals surface area contributed by atoms with Crippen molar-refractivity contribution in [3.05, 3.63) is 166 Å². The first-order valence-corrected chi connectivity index (χ1v) is 17.6. The number of esters is 1. The maximum absolute atomic E-state index is 14.4. The second kappa shape index (κ2) is 14.1. The molecule has 0 amide bonds. The highest BCUT2D eigenvalue weighted by atomic mass is 16.5. The number of phenols is 3. The van der Waals surface area contributed by atoms with Crippen LogP contribution in [0.1, 0.15) is 63.7 Å². The summed E-state index contributed by atoms with van der Waals surface area (Å²) in [6.45, 7) is 0. The number of fused-ring (bicyclic) bond motifs is 4. The van der Waals surface area contributed by atoms with Crippen molar-refractivity contribution in [2.45, 2.75) is 12.8 Å². The molecule has 57 heavy (non-hydrogen) atoms. The number of benzene rings is 8. The lowest BCUT2D eigenvalue weighted by molar-refractivity contribution is 0.0670. The molecule has 0 unspecified atom stereocenters. The molecule has 280 valence electrons. The topological polar surface area (TPSA) is 199 Å². The van der Waals surface area contributed by atoms with Crippen LogP contribution in [0.25, 0.3) is 43.1 Å². The monoisotopic (exact) mass is 758 g/mol. The first-order chi connectivity index (χ1) is 27.4. The SMILES string of the molecule is O=C(O)c1cc2ccccc2c(Cc2c(OC(=O)c3cc(O)c(Cc4c(O)cc(C(=O)O)c5ccccc45)c4ccccc34)c(C(=O)O)cc3ccccc23)c1O. The lowest BCUT2D eigenvalue weighted by atomic mass is 9.90. The van der Waals surface area contributed by atoms with Gasteiger partial charge in [0.05, 0.1) is 11.1 Å². The predicted octanol–water partition coefficient (Wildman–Crippen LogP) is 8.91. The zero-order chi connectivity index (χ0) is 40.1. The Bertz CT molecular complexity index is 3040. The predicted molar refractivity (Wildman–Crippen MR) is 212 cm³/mol. The Hall–Kier alpha value is -7.92. The van der Waals surface area contributed by atoms with Gasteiger partial charge in [-0.25, -0.2) is 19.2 Å². The number of hydrogen-bond acceptors (Lipinski definition) is 8. The van der Waals surface area contributed by atoms with Gasteiger partial charge in [-0.3, -0.25) is 0 Å². The maximum atomic E-state index is 14.4. The normalized spacial score (nSPS) is 11.3. The van der Waals surface area contributed by atoms with Gasteiger partial charge >= 0.3 is 23.9 Å². The van der Waals surface area contributed by atoms with Gasteiger partial charge in [-0.05, 0) is 67.4 Å². The van der Waals surface area contributed by atoms with Crippen LogP contribution in [0.4, 0.5) is 0 Å². The molecule has 0 spiro atoms. The van der Waals surface area contributed by atoms with Gasteiger partial charge in [0.2, 0.25) is 0 Å². The molecule has 0 aromatic heterocycles. The van der Waals surface area contributed by atoms with Crippen molar-refractivity contribution in [3.63, 3.8) is 0 Å². The summed E-state index contributed by atoms with van der Waals surface area (Å²) in [5.41, 5.74) is 0.110. The van der Waals surface area contributed by atoms with E-state index in [4.69, 9.17) is 4.74 Å². The molecule has 6 N–H and O–H groups in total. The van der Waals surface area contributed by atoms with Crippen LogP contribution in [0.2, 0.25) is 0 Å². The van der Waals surface area contributed by atoms with Crippen LogP contribution in [0, 0.1) is 0 Å². The van der Waals surface area contributed by atoms with Gasteiger partial charge in [0.1, 0.15) is 34.1 Å². The van der Waals surface area contributed by atoms with E-state index in [0.29, 0.717) is 54.2 Å². The van der Waals surface area contributed by atoms with Crippen LogP contribution in [0.3, 0.4) is 0 Å². The maximum Gasteiger partial charge on any atom is 0.344 e. The van der Waals surface area contributed by atoms with Crippen molar-refractivity contribution in [2.24, 2.45) is 0 Å². The Labute approximate surface area is 322 Å². The third-order valence-electron chi connectivity index (χ3n) is 10.3. The van der Waals surface area contributed by atoms with Crippen molar-refractivity contribution in [1.82, 2.24) is 0 Å². The van der Waals surface area contributed by atoms with E-state index in [0.717, 1.165) is 6.07 Å². The molecule has 0 aliphatic carbocycles. The summed E-state index contributed by atoms with van der Waals surface area (Å²) in [6.07, 6.45) is -0.292. The minimum Gasteiger partial charge on any atom is -0.508 e. The van der Waals surface area contributed by atoms with Crippen molar-refractivity contribution in [1.29, 1.82) is 0 Å². The number of carboxylic acids is 3.